The van der Waals surface area contributed by atoms with E-state index in [1.54, 1.807) is 80.6 Å². The summed E-state index contributed by atoms with van der Waals surface area (Å²) in [6.45, 7) is 4.12. The minimum Gasteiger partial charge on any atom is -0.497 e. The van der Waals surface area contributed by atoms with Crippen LogP contribution < -0.4 is 20.1 Å². The number of nitrogens with one attached hydrogen (secondary N) is 2. The number of rotatable bonds is 8. The zero-order valence-corrected chi connectivity index (χ0v) is 24.2. The Morgan fingerprint density at radius 2 is 1.81 bits per heavy atom. The molecule has 3 atom stereocenters. The second-order valence-corrected chi connectivity index (χ2v) is 10.4. The van der Waals surface area contributed by atoms with Gasteiger partial charge in [0.05, 0.1) is 32.7 Å². The SMILES string of the molecule is COc1ccc(NC(=O)N(C)C[C@@H]2Oc3ccc(NC(=O)c4ccncc4)cc3CC(=O)N([C@@H](C)CO)C[C@@H]2C)cc1. The summed E-state index contributed by atoms with van der Waals surface area (Å²) in [5, 5.41) is 15.6. The minimum atomic E-state index is -0.480. The summed E-state index contributed by atoms with van der Waals surface area (Å²) in [6, 6.07) is 14.7. The number of carbonyl (C=O) groups excluding carboxylic acids is 3. The average molecular weight is 576 g/mol. The van der Waals surface area contributed by atoms with Crippen molar-refractivity contribution in [3.05, 3.63) is 78.1 Å². The van der Waals surface area contributed by atoms with Crippen LogP contribution in [-0.4, -0.2) is 83.7 Å². The van der Waals surface area contributed by atoms with Gasteiger partial charge in [0.1, 0.15) is 17.6 Å². The van der Waals surface area contributed by atoms with Crippen LogP contribution in [0, 0.1) is 5.92 Å². The largest absolute Gasteiger partial charge is 0.497 e. The highest BCUT2D eigenvalue weighted by Gasteiger charge is 2.32. The number of hydrogen-bond acceptors (Lipinski definition) is 7. The quantitative estimate of drug-likeness (QED) is 0.373. The Kier molecular flexibility index (Phi) is 9.98. The summed E-state index contributed by atoms with van der Waals surface area (Å²) in [4.78, 5) is 46.3. The lowest BCUT2D eigenvalue weighted by Crippen LogP contribution is -2.48. The van der Waals surface area contributed by atoms with Crippen LogP contribution in [0.25, 0.3) is 0 Å². The Morgan fingerprint density at radius 1 is 1.12 bits per heavy atom. The third-order valence-corrected chi connectivity index (χ3v) is 7.26. The van der Waals surface area contributed by atoms with Crippen molar-refractivity contribution in [2.75, 3.05) is 44.5 Å². The van der Waals surface area contributed by atoms with Crippen LogP contribution in [-0.2, 0) is 11.2 Å². The van der Waals surface area contributed by atoms with Crippen LogP contribution in [0.4, 0.5) is 16.2 Å². The Morgan fingerprint density at radius 3 is 2.48 bits per heavy atom. The molecule has 0 bridgehead atoms. The fraction of sp³-hybridized carbons (Fsp3) is 0.355. The Hall–Kier alpha value is -4.64. The predicted molar refractivity (Wildman–Crippen MR) is 159 cm³/mol. The molecule has 1 aromatic heterocycles. The number of amides is 4. The highest BCUT2D eigenvalue weighted by atomic mass is 16.5. The van der Waals surface area contributed by atoms with E-state index in [1.165, 1.54) is 17.3 Å². The first-order chi connectivity index (χ1) is 20.2. The molecule has 0 aliphatic carbocycles. The van der Waals surface area contributed by atoms with Crippen LogP contribution >= 0.6 is 0 Å². The van der Waals surface area contributed by atoms with E-state index in [1.807, 2.05) is 6.92 Å². The van der Waals surface area contributed by atoms with Gasteiger partial charge in [0, 0.05) is 54.4 Å². The fourth-order valence-corrected chi connectivity index (χ4v) is 4.68. The molecule has 0 fully saturated rings. The molecular weight excluding hydrogens is 538 g/mol. The highest BCUT2D eigenvalue weighted by molar-refractivity contribution is 6.04. The Balaban J connectivity index is 1.57. The molecule has 11 heteroatoms. The summed E-state index contributed by atoms with van der Waals surface area (Å²) in [6.07, 6.45) is 2.62. The van der Waals surface area contributed by atoms with Gasteiger partial charge in [-0.3, -0.25) is 14.6 Å². The van der Waals surface area contributed by atoms with Gasteiger partial charge in [-0.15, -0.1) is 0 Å². The van der Waals surface area contributed by atoms with Crippen molar-refractivity contribution in [3.8, 4) is 11.5 Å². The second kappa shape index (κ2) is 13.8. The predicted octanol–water partition coefficient (Wildman–Crippen LogP) is 3.66. The molecule has 2 heterocycles. The van der Waals surface area contributed by atoms with Gasteiger partial charge in [0.2, 0.25) is 5.91 Å². The molecule has 1 aliphatic rings. The maximum Gasteiger partial charge on any atom is 0.321 e. The summed E-state index contributed by atoms with van der Waals surface area (Å²) in [7, 11) is 3.26. The van der Waals surface area contributed by atoms with Crippen molar-refractivity contribution in [1.82, 2.24) is 14.8 Å². The first kappa shape index (κ1) is 30.3. The Bertz CT molecular complexity index is 1380. The number of ether oxygens (including phenoxy) is 2. The maximum absolute atomic E-state index is 13.5. The lowest BCUT2D eigenvalue weighted by molar-refractivity contribution is -0.134. The van der Waals surface area contributed by atoms with E-state index in [0.717, 1.165) is 0 Å². The highest BCUT2D eigenvalue weighted by Crippen LogP contribution is 2.29. The monoisotopic (exact) mass is 575 g/mol. The number of urea groups is 1. The van der Waals surface area contributed by atoms with Crippen molar-refractivity contribution < 1.29 is 29.0 Å². The summed E-state index contributed by atoms with van der Waals surface area (Å²) in [5.74, 6) is 0.515. The standard InChI is InChI=1S/C31H37N5O6/c1-20-17-36(21(2)19-37)29(38)16-23-15-25(33-30(39)22-11-13-32-14-12-22)7-10-27(23)42-28(20)18-35(3)31(40)34-24-5-8-26(41-4)9-6-24/h5-15,20-21,28,37H,16-19H2,1-4H3,(H,33,39)(H,34,40)/t20-,21-,28-/m0/s1. The van der Waals surface area contributed by atoms with Crippen LogP contribution in [0.3, 0.4) is 0 Å². The molecule has 3 aromatic rings. The number of aromatic nitrogens is 1. The van der Waals surface area contributed by atoms with Gasteiger partial charge in [-0.1, -0.05) is 6.92 Å². The first-order valence-corrected chi connectivity index (χ1v) is 13.8. The lowest BCUT2D eigenvalue weighted by Gasteiger charge is -2.34. The van der Waals surface area contributed by atoms with Crippen LogP contribution in [0.2, 0.25) is 0 Å². The lowest BCUT2D eigenvalue weighted by atomic mass is 10.0. The molecule has 222 valence electrons. The van der Waals surface area contributed by atoms with E-state index in [2.05, 4.69) is 15.6 Å². The number of methoxy groups -OCH3 is 1. The number of carbonyl (C=O) groups is 3. The summed E-state index contributed by atoms with van der Waals surface area (Å²) < 4.78 is 11.7. The van der Waals surface area contributed by atoms with Gasteiger partial charge >= 0.3 is 6.03 Å². The van der Waals surface area contributed by atoms with Gasteiger partial charge in [0.15, 0.2) is 0 Å². The van der Waals surface area contributed by atoms with E-state index in [9.17, 15) is 19.5 Å². The van der Waals surface area contributed by atoms with E-state index >= 15 is 0 Å². The summed E-state index contributed by atoms with van der Waals surface area (Å²) in [5.41, 5.74) is 2.17. The zero-order valence-electron chi connectivity index (χ0n) is 24.2. The number of likely N-dealkylation sites (N-methyl/N-ethyl adjacent to an activating group) is 1. The molecule has 42 heavy (non-hydrogen) atoms. The number of fused-ring (bicyclic) bond motifs is 1. The Labute approximate surface area is 245 Å². The van der Waals surface area contributed by atoms with Crippen LogP contribution in [0.1, 0.15) is 29.8 Å². The van der Waals surface area contributed by atoms with Gasteiger partial charge in [-0.2, -0.15) is 0 Å². The first-order valence-electron chi connectivity index (χ1n) is 13.8. The normalized spacial score (nSPS) is 17.5. The molecule has 3 N–H and O–H groups in total. The van der Waals surface area contributed by atoms with Gasteiger partial charge in [0.25, 0.3) is 5.91 Å². The van der Waals surface area contributed by atoms with E-state index in [0.29, 0.717) is 40.5 Å². The van der Waals surface area contributed by atoms with Crippen molar-refractivity contribution >= 4 is 29.2 Å². The summed E-state index contributed by atoms with van der Waals surface area (Å²) >= 11 is 0. The third kappa shape index (κ3) is 7.55. The number of aliphatic hydroxyl groups is 1. The molecule has 0 saturated carbocycles. The fourth-order valence-electron chi connectivity index (χ4n) is 4.68. The number of anilines is 2. The third-order valence-electron chi connectivity index (χ3n) is 7.26. The minimum absolute atomic E-state index is 0.0197. The molecule has 0 radical (unpaired) electrons. The van der Waals surface area contributed by atoms with Crippen LogP contribution in [0.5, 0.6) is 11.5 Å². The molecule has 0 unspecified atom stereocenters. The smallest absolute Gasteiger partial charge is 0.321 e. The second-order valence-electron chi connectivity index (χ2n) is 10.4. The number of aliphatic hydroxyl groups excluding tert-OH is 1. The molecule has 4 rings (SSSR count). The van der Waals surface area contributed by atoms with Crippen molar-refractivity contribution in [2.45, 2.75) is 32.4 Å². The molecular formula is C31H37N5O6. The molecule has 1 aliphatic heterocycles. The molecule has 4 amide bonds. The van der Waals surface area contributed by atoms with Crippen molar-refractivity contribution in [3.63, 3.8) is 0 Å². The number of pyridine rings is 1. The topological polar surface area (TPSA) is 133 Å². The van der Waals surface area contributed by atoms with Crippen LogP contribution in [0.15, 0.2) is 67.0 Å². The van der Waals surface area contributed by atoms with Gasteiger partial charge < -0.3 is 35.0 Å². The molecule has 0 saturated heterocycles. The van der Waals surface area contributed by atoms with E-state index in [4.69, 9.17) is 9.47 Å². The molecule has 2 aromatic carbocycles. The van der Waals surface area contributed by atoms with Gasteiger partial charge in [-0.25, -0.2) is 4.79 Å². The van der Waals surface area contributed by atoms with Crippen molar-refractivity contribution in [1.29, 1.82) is 0 Å². The average Bonchev–Trinajstić information content (AvgIpc) is 3.04. The number of nitrogens with zero attached hydrogens (tertiary/aromatic N) is 3. The number of hydrogen-bond donors (Lipinski definition) is 3. The van der Waals surface area contributed by atoms with Crippen molar-refractivity contribution in [2.24, 2.45) is 5.92 Å². The van der Waals surface area contributed by atoms with E-state index in [-0.39, 0.29) is 43.3 Å². The van der Waals surface area contributed by atoms with E-state index < -0.39 is 12.1 Å². The zero-order chi connectivity index (χ0) is 30.2. The number of benzene rings is 2. The maximum atomic E-state index is 13.5. The molecule has 11 nitrogen and oxygen atoms in total. The van der Waals surface area contributed by atoms with Gasteiger partial charge in [-0.05, 0) is 61.5 Å². The molecule has 0 spiro atoms.